The number of hydrogen-bond donors (Lipinski definition) is 1. The van der Waals surface area contributed by atoms with E-state index in [2.05, 4.69) is 5.32 Å². The average Bonchev–Trinajstić information content (AvgIpc) is 2.82. The van der Waals surface area contributed by atoms with E-state index in [0.717, 1.165) is 11.1 Å². The van der Waals surface area contributed by atoms with Crippen molar-refractivity contribution in [2.75, 3.05) is 6.61 Å². The third kappa shape index (κ3) is 5.78. The van der Waals surface area contributed by atoms with Gasteiger partial charge in [-0.1, -0.05) is 60.7 Å². The average molecular weight is 481 g/mol. The summed E-state index contributed by atoms with van der Waals surface area (Å²) in [5, 5.41) is 3.43. The first kappa shape index (κ1) is 24.3. The first-order valence-corrected chi connectivity index (χ1v) is 10.5. The lowest BCUT2D eigenvalue weighted by atomic mass is 10.00. The maximum atomic E-state index is 13.2. The molecule has 1 aliphatic heterocycles. The zero-order valence-corrected chi connectivity index (χ0v) is 17.7. The van der Waals surface area contributed by atoms with Crippen molar-refractivity contribution in [2.24, 2.45) is 0 Å². The molecule has 0 aromatic heterocycles. The molecule has 1 aliphatic rings. The minimum Gasteiger partial charge on any atom is -0.349 e. The summed E-state index contributed by atoms with van der Waals surface area (Å²) in [7, 11) is 0. The maximum Gasteiger partial charge on any atom is 0.416 e. The molecule has 0 amide bonds. The standard InChI is InChI=1S/C25H21F6NO2/c26-24(27,28)19-11-16(12-20(13-19)25(29,30)31)14-33-23-22(18-9-5-2-6-10-18)32-21(15-34-23)17-7-3-1-4-8-17/h1-13,21-23,32H,14-15H2/t21-,22-,23+/m0/s1. The quantitative estimate of drug-likeness (QED) is 0.413. The Kier molecular flexibility index (Phi) is 6.97. The van der Waals surface area contributed by atoms with E-state index in [4.69, 9.17) is 9.47 Å². The highest BCUT2D eigenvalue weighted by atomic mass is 19.4. The molecule has 34 heavy (non-hydrogen) atoms. The van der Waals surface area contributed by atoms with Crippen molar-refractivity contribution in [1.82, 2.24) is 5.32 Å². The van der Waals surface area contributed by atoms with E-state index >= 15 is 0 Å². The van der Waals surface area contributed by atoms with E-state index in [1.165, 1.54) is 0 Å². The summed E-state index contributed by atoms with van der Waals surface area (Å²) in [4.78, 5) is 0. The fourth-order valence-corrected chi connectivity index (χ4v) is 3.85. The summed E-state index contributed by atoms with van der Waals surface area (Å²) in [6, 6.07) is 19.5. The topological polar surface area (TPSA) is 30.5 Å². The second kappa shape index (κ2) is 9.77. The van der Waals surface area contributed by atoms with Gasteiger partial charge in [-0.3, -0.25) is 5.32 Å². The number of halogens is 6. The van der Waals surface area contributed by atoms with Crippen LogP contribution in [0.4, 0.5) is 26.3 Å². The van der Waals surface area contributed by atoms with Gasteiger partial charge in [0.05, 0.1) is 36.4 Å². The van der Waals surface area contributed by atoms with Gasteiger partial charge in [0.2, 0.25) is 0 Å². The molecular weight excluding hydrogens is 460 g/mol. The fourth-order valence-electron chi connectivity index (χ4n) is 3.85. The minimum absolute atomic E-state index is 0.0966. The van der Waals surface area contributed by atoms with Crippen LogP contribution in [0, 0.1) is 0 Å². The molecule has 9 heteroatoms. The Morgan fingerprint density at radius 2 is 1.29 bits per heavy atom. The van der Waals surface area contributed by atoms with Gasteiger partial charge in [0.1, 0.15) is 0 Å². The molecule has 0 unspecified atom stereocenters. The lowest BCUT2D eigenvalue weighted by molar-refractivity contribution is -0.194. The molecule has 0 bridgehead atoms. The van der Waals surface area contributed by atoms with Crippen LogP contribution >= 0.6 is 0 Å². The van der Waals surface area contributed by atoms with Crippen LogP contribution < -0.4 is 5.32 Å². The van der Waals surface area contributed by atoms with E-state index < -0.39 is 42.4 Å². The van der Waals surface area contributed by atoms with Gasteiger partial charge < -0.3 is 9.47 Å². The van der Waals surface area contributed by atoms with E-state index in [1.54, 1.807) is 0 Å². The Labute approximate surface area is 192 Å². The number of alkyl halides is 6. The predicted octanol–water partition coefficient (Wildman–Crippen LogP) is 6.67. The van der Waals surface area contributed by atoms with Crippen LogP contribution in [0.25, 0.3) is 0 Å². The van der Waals surface area contributed by atoms with Gasteiger partial charge in [-0.2, -0.15) is 26.3 Å². The normalized spacial score (nSPS) is 21.4. The molecule has 0 aliphatic carbocycles. The second-order valence-corrected chi connectivity index (χ2v) is 7.95. The zero-order valence-electron chi connectivity index (χ0n) is 17.7. The maximum absolute atomic E-state index is 13.2. The van der Waals surface area contributed by atoms with Gasteiger partial charge in [0.25, 0.3) is 0 Å². The summed E-state index contributed by atoms with van der Waals surface area (Å²) < 4.78 is 90.7. The highest BCUT2D eigenvalue weighted by Gasteiger charge is 2.37. The number of morpholine rings is 1. The first-order chi connectivity index (χ1) is 16.1. The predicted molar refractivity (Wildman–Crippen MR) is 112 cm³/mol. The third-order valence-electron chi connectivity index (χ3n) is 5.50. The highest BCUT2D eigenvalue weighted by molar-refractivity contribution is 5.33. The van der Waals surface area contributed by atoms with Crippen LogP contribution in [0.5, 0.6) is 0 Å². The van der Waals surface area contributed by atoms with Crippen LogP contribution in [0.1, 0.15) is 39.9 Å². The third-order valence-corrected chi connectivity index (χ3v) is 5.50. The number of rotatable bonds is 5. The van der Waals surface area contributed by atoms with Crippen molar-refractivity contribution in [3.8, 4) is 0 Å². The van der Waals surface area contributed by atoms with Gasteiger partial charge >= 0.3 is 12.4 Å². The van der Waals surface area contributed by atoms with Gasteiger partial charge in [-0.05, 0) is 34.9 Å². The Balaban J connectivity index is 1.57. The van der Waals surface area contributed by atoms with Crippen molar-refractivity contribution in [3.05, 3.63) is 107 Å². The molecule has 3 atom stereocenters. The van der Waals surface area contributed by atoms with Crippen LogP contribution in [0.2, 0.25) is 0 Å². The van der Waals surface area contributed by atoms with Crippen molar-refractivity contribution >= 4 is 0 Å². The van der Waals surface area contributed by atoms with Gasteiger partial charge in [-0.15, -0.1) is 0 Å². The highest BCUT2D eigenvalue weighted by Crippen LogP contribution is 2.37. The first-order valence-electron chi connectivity index (χ1n) is 10.5. The smallest absolute Gasteiger partial charge is 0.349 e. The van der Waals surface area contributed by atoms with Gasteiger partial charge in [0, 0.05) is 0 Å². The number of nitrogens with one attached hydrogen (secondary N) is 1. The summed E-state index contributed by atoms with van der Waals surface area (Å²) in [5.74, 6) is 0. The van der Waals surface area contributed by atoms with E-state index in [0.29, 0.717) is 12.1 Å². The summed E-state index contributed by atoms with van der Waals surface area (Å²) >= 11 is 0. The lowest BCUT2D eigenvalue weighted by Crippen LogP contribution is -2.45. The zero-order chi connectivity index (χ0) is 24.3. The van der Waals surface area contributed by atoms with Crippen molar-refractivity contribution in [3.63, 3.8) is 0 Å². The molecule has 3 aromatic rings. The Bertz CT molecular complexity index is 1050. The van der Waals surface area contributed by atoms with Gasteiger partial charge in [0.15, 0.2) is 6.29 Å². The molecule has 0 saturated carbocycles. The number of ether oxygens (including phenoxy) is 2. The summed E-state index contributed by atoms with van der Waals surface area (Å²) in [6.45, 7) is -0.271. The number of benzene rings is 3. The van der Waals surface area contributed by atoms with E-state index in [-0.39, 0.29) is 24.3 Å². The molecule has 1 saturated heterocycles. The molecule has 1 fully saturated rings. The van der Waals surface area contributed by atoms with Crippen molar-refractivity contribution in [1.29, 1.82) is 0 Å². The molecular formula is C25H21F6NO2. The molecule has 3 aromatic carbocycles. The Hall–Kier alpha value is -2.88. The summed E-state index contributed by atoms with van der Waals surface area (Å²) in [5.41, 5.74) is -1.22. The largest absolute Gasteiger partial charge is 0.416 e. The van der Waals surface area contributed by atoms with E-state index in [9.17, 15) is 26.3 Å². The molecule has 4 rings (SSSR count). The van der Waals surface area contributed by atoms with Crippen molar-refractivity contribution < 1.29 is 35.8 Å². The van der Waals surface area contributed by atoms with Crippen molar-refractivity contribution in [2.45, 2.75) is 37.3 Å². The fraction of sp³-hybridized carbons (Fsp3) is 0.280. The molecule has 180 valence electrons. The minimum atomic E-state index is -4.92. The molecule has 0 radical (unpaired) electrons. The number of hydrogen-bond acceptors (Lipinski definition) is 3. The van der Waals surface area contributed by atoms with Crippen LogP contribution in [-0.4, -0.2) is 12.9 Å². The Morgan fingerprint density at radius 1 is 0.765 bits per heavy atom. The second-order valence-electron chi connectivity index (χ2n) is 7.95. The van der Waals surface area contributed by atoms with Crippen LogP contribution in [-0.2, 0) is 28.4 Å². The Morgan fingerprint density at radius 3 is 1.82 bits per heavy atom. The monoisotopic (exact) mass is 481 g/mol. The molecule has 0 spiro atoms. The lowest BCUT2D eigenvalue weighted by Gasteiger charge is -2.38. The SMILES string of the molecule is FC(F)(F)c1cc(CO[C@@H]2OC[C@@H](c3ccccc3)N[C@H]2c2ccccc2)cc(C(F)(F)F)c1. The molecule has 1 N–H and O–H groups in total. The van der Waals surface area contributed by atoms with Crippen LogP contribution in [0.15, 0.2) is 78.9 Å². The molecule has 1 heterocycles. The summed E-state index contributed by atoms with van der Waals surface area (Å²) in [6.07, 6.45) is -10.8. The van der Waals surface area contributed by atoms with Gasteiger partial charge in [-0.25, -0.2) is 0 Å². The molecule has 3 nitrogen and oxygen atoms in total. The van der Waals surface area contributed by atoms with E-state index in [1.807, 2.05) is 60.7 Å². The van der Waals surface area contributed by atoms with Crippen LogP contribution in [0.3, 0.4) is 0 Å².